The Morgan fingerprint density at radius 1 is 1.31 bits per heavy atom. The molecule has 8 heteroatoms. The van der Waals surface area contributed by atoms with Gasteiger partial charge in [-0.2, -0.15) is 5.10 Å². The average molecular weight is 437 g/mol. The van der Waals surface area contributed by atoms with Gasteiger partial charge in [0.1, 0.15) is 12.4 Å². The molecule has 0 spiro atoms. The van der Waals surface area contributed by atoms with Gasteiger partial charge in [-0.15, -0.1) is 0 Å². The number of ether oxygens (including phenoxy) is 1. The minimum Gasteiger partial charge on any atom is -0.375 e. The molecule has 2 aromatic heterocycles. The summed E-state index contributed by atoms with van der Waals surface area (Å²) in [6.45, 7) is 9.40. The van der Waals surface area contributed by atoms with E-state index in [1.807, 2.05) is 11.8 Å². The van der Waals surface area contributed by atoms with Crippen LogP contribution in [0, 0.1) is 12.8 Å². The maximum absolute atomic E-state index is 12.5. The summed E-state index contributed by atoms with van der Waals surface area (Å²) >= 11 is 0. The monoisotopic (exact) mass is 436 g/mol. The van der Waals surface area contributed by atoms with Crippen molar-refractivity contribution in [1.82, 2.24) is 29.5 Å². The molecular formula is C24H32N6O2. The number of methoxy groups -OCH3 is 1. The number of aromatic nitrogens is 4. The summed E-state index contributed by atoms with van der Waals surface area (Å²) in [4.78, 5) is 21.8. The number of rotatable bonds is 6. The number of fused-ring (bicyclic) bond motifs is 2. The van der Waals surface area contributed by atoms with Crippen molar-refractivity contribution < 1.29 is 9.53 Å². The molecule has 170 valence electrons. The van der Waals surface area contributed by atoms with Crippen molar-refractivity contribution in [1.29, 1.82) is 0 Å². The van der Waals surface area contributed by atoms with Gasteiger partial charge in [0, 0.05) is 69.4 Å². The fraction of sp³-hybridized carbons (Fsp3) is 0.542. The number of para-hydroxylation sites is 1. The van der Waals surface area contributed by atoms with Gasteiger partial charge in [-0.1, -0.05) is 18.2 Å². The molecule has 2 aliphatic rings. The summed E-state index contributed by atoms with van der Waals surface area (Å²) in [5.74, 6) is 2.11. The lowest BCUT2D eigenvalue weighted by atomic mass is 9.72. The molecule has 0 saturated carbocycles. The Morgan fingerprint density at radius 3 is 2.91 bits per heavy atom. The molecule has 4 heterocycles. The van der Waals surface area contributed by atoms with Gasteiger partial charge in [0.15, 0.2) is 5.82 Å². The van der Waals surface area contributed by atoms with Crippen molar-refractivity contribution >= 4 is 16.8 Å². The van der Waals surface area contributed by atoms with Gasteiger partial charge in [0.25, 0.3) is 0 Å². The second kappa shape index (κ2) is 8.33. The van der Waals surface area contributed by atoms with Crippen molar-refractivity contribution in [3.63, 3.8) is 0 Å². The molecule has 1 amide bonds. The van der Waals surface area contributed by atoms with Gasteiger partial charge in [-0.05, 0) is 31.9 Å². The lowest BCUT2D eigenvalue weighted by Crippen LogP contribution is -2.52. The largest absolute Gasteiger partial charge is 0.375 e. The Labute approximate surface area is 188 Å². The van der Waals surface area contributed by atoms with E-state index in [2.05, 4.69) is 57.1 Å². The van der Waals surface area contributed by atoms with Gasteiger partial charge in [0.05, 0.1) is 5.41 Å². The van der Waals surface area contributed by atoms with E-state index < -0.39 is 0 Å². The van der Waals surface area contributed by atoms with Crippen LogP contribution in [0.5, 0.6) is 0 Å². The number of nitrogens with one attached hydrogen (secondary N) is 1. The van der Waals surface area contributed by atoms with Crippen LogP contribution in [0.1, 0.15) is 30.6 Å². The molecule has 3 aromatic rings. The number of hydrogen-bond acceptors (Lipinski definition) is 5. The minimum atomic E-state index is -0.127. The van der Waals surface area contributed by atoms with Crippen LogP contribution in [-0.4, -0.2) is 75.4 Å². The van der Waals surface area contributed by atoms with Crippen molar-refractivity contribution in [2.75, 3.05) is 39.9 Å². The van der Waals surface area contributed by atoms with Crippen LogP contribution in [0.4, 0.5) is 0 Å². The zero-order valence-corrected chi connectivity index (χ0v) is 19.2. The van der Waals surface area contributed by atoms with Crippen LogP contribution in [0.15, 0.2) is 30.5 Å². The Hall–Kier alpha value is -2.71. The number of benzene rings is 1. The second-order valence-corrected chi connectivity index (χ2v) is 9.25. The summed E-state index contributed by atoms with van der Waals surface area (Å²) in [7, 11) is 1.58. The SMILES string of the molecule is CCn1cc(CN2C[C@H]3CN(C(=O)COC)CC[C@@]3(c3n[nH]c(C)n3)C2)c2ccccc21. The van der Waals surface area contributed by atoms with Crippen LogP contribution >= 0.6 is 0 Å². The second-order valence-electron chi connectivity index (χ2n) is 9.25. The highest BCUT2D eigenvalue weighted by atomic mass is 16.5. The quantitative estimate of drug-likeness (QED) is 0.642. The van der Waals surface area contributed by atoms with Crippen LogP contribution in [0.25, 0.3) is 10.9 Å². The van der Waals surface area contributed by atoms with E-state index in [1.165, 1.54) is 16.5 Å². The number of aromatic amines is 1. The first-order chi connectivity index (χ1) is 15.5. The third-order valence-corrected chi connectivity index (χ3v) is 7.30. The first-order valence-corrected chi connectivity index (χ1v) is 11.5. The van der Waals surface area contributed by atoms with Crippen LogP contribution in [0.3, 0.4) is 0 Å². The Kier molecular flexibility index (Phi) is 5.51. The maximum Gasteiger partial charge on any atom is 0.248 e. The highest BCUT2D eigenvalue weighted by Crippen LogP contribution is 2.44. The number of likely N-dealkylation sites (tertiary alicyclic amines) is 2. The van der Waals surface area contributed by atoms with Crippen molar-refractivity contribution in [3.8, 4) is 0 Å². The molecule has 2 aliphatic heterocycles. The van der Waals surface area contributed by atoms with E-state index in [4.69, 9.17) is 9.72 Å². The molecule has 32 heavy (non-hydrogen) atoms. The summed E-state index contributed by atoms with van der Waals surface area (Å²) < 4.78 is 7.43. The number of piperidine rings is 1. The molecule has 0 aliphatic carbocycles. The molecule has 2 saturated heterocycles. The lowest BCUT2D eigenvalue weighted by Gasteiger charge is -2.41. The smallest absolute Gasteiger partial charge is 0.248 e. The summed E-state index contributed by atoms with van der Waals surface area (Å²) in [6.07, 6.45) is 3.17. The van der Waals surface area contributed by atoms with E-state index >= 15 is 0 Å². The molecule has 0 bridgehead atoms. The van der Waals surface area contributed by atoms with E-state index in [9.17, 15) is 4.79 Å². The van der Waals surface area contributed by atoms with Gasteiger partial charge in [0.2, 0.25) is 5.91 Å². The Morgan fingerprint density at radius 2 is 2.16 bits per heavy atom. The number of aryl methyl sites for hydroxylation is 2. The number of carbonyl (C=O) groups excluding carboxylic acids is 1. The van der Waals surface area contributed by atoms with Gasteiger partial charge >= 0.3 is 0 Å². The number of amides is 1. The van der Waals surface area contributed by atoms with Gasteiger partial charge < -0.3 is 14.2 Å². The van der Waals surface area contributed by atoms with E-state index in [1.54, 1.807) is 7.11 Å². The molecule has 0 unspecified atom stereocenters. The number of hydrogen-bond donors (Lipinski definition) is 1. The summed E-state index contributed by atoms with van der Waals surface area (Å²) in [5, 5.41) is 8.96. The maximum atomic E-state index is 12.5. The van der Waals surface area contributed by atoms with Gasteiger partial charge in [-0.25, -0.2) is 4.98 Å². The molecule has 1 N–H and O–H groups in total. The Bertz CT molecular complexity index is 1120. The molecule has 2 atom stereocenters. The highest BCUT2D eigenvalue weighted by Gasteiger charge is 2.53. The fourth-order valence-electron chi connectivity index (χ4n) is 5.73. The highest BCUT2D eigenvalue weighted by molar-refractivity contribution is 5.84. The minimum absolute atomic E-state index is 0.0664. The number of H-pyrrole nitrogens is 1. The zero-order chi connectivity index (χ0) is 22.3. The molecular weight excluding hydrogens is 404 g/mol. The van der Waals surface area contributed by atoms with E-state index in [0.717, 1.165) is 57.3 Å². The molecule has 0 radical (unpaired) electrons. The van der Waals surface area contributed by atoms with Crippen LogP contribution in [-0.2, 0) is 28.0 Å². The summed E-state index contributed by atoms with van der Waals surface area (Å²) in [6, 6.07) is 8.64. The number of nitrogens with zero attached hydrogens (tertiary/aromatic N) is 5. The zero-order valence-electron chi connectivity index (χ0n) is 19.2. The topological polar surface area (TPSA) is 79.3 Å². The predicted octanol–water partition coefficient (Wildman–Crippen LogP) is 2.34. The van der Waals surface area contributed by atoms with Crippen molar-refractivity contribution in [2.24, 2.45) is 5.92 Å². The predicted molar refractivity (Wildman–Crippen MR) is 122 cm³/mol. The Balaban J connectivity index is 1.44. The van der Waals surface area contributed by atoms with Crippen molar-refractivity contribution in [3.05, 3.63) is 47.7 Å². The van der Waals surface area contributed by atoms with Crippen molar-refractivity contribution in [2.45, 2.75) is 38.8 Å². The first-order valence-electron chi connectivity index (χ1n) is 11.5. The van der Waals surface area contributed by atoms with Crippen LogP contribution in [0.2, 0.25) is 0 Å². The molecule has 1 aromatic carbocycles. The third kappa shape index (κ3) is 3.51. The lowest BCUT2D eigenvalue weighted by molar-refractivity contribution is -0.137. The first kappa shape index (κ1) is 21.2. The molecule has 2 fully saturated rings. The summed E-state index contributed by atoms with van der Waals surface area (Å²) in [5.41, 5.74) is 2.52. The van der Waals surface area contributed by atoms with E-state index in [0.29, 0.717) is 5.92 Å². The molecule has 8 nitrogen and oxygen atoms in total. The van der Waals surface area contributed by atoms with Crippen LogP contribution < -0.4 is 0 Å². The number of carbonyl (C=O) groups is 1. The average Bonchev–Trinajstić information content (AvgIpc) is 3.49. The fourth-order valence-corrected chi connectivity index (χ4v) is 5.73. The normalized spacial score (nSPS) is 23.7. The third-order valence-electron chi connectivity index (χ3n) is 7.30. The molecule has 5 rings (SSSR count). The van der Waals surface area contributed by atoms with Gasteiger partial charge in [-0.3, -0.25) is 14.8 Å². The standard InChI is InChI=1S/C24H32N6O2/c1-4-29-12-18(20-7-5-6-8-21(20)29)11-28-13-19-14-30(22(31)15-32-3)10-9-24(19,16-28)23-25-17(2)26-27-23/h5-8,12,19H,4,9-11,13-16H2,1-3H3,(H,25,26,27)/t19-,24+/m0/s1. The van der Waals surface area contributed by atoms with E-state index in [-0.39, 0.29) is 17.9 Å².